The summed E-state index contributed by atoms with van der Waals surface area (Å²) in [5.74, 6) is 1.15. The van der Waals surface area contributed by atoms with Gasteiger partial charge in [-0.2, -0.15) is 0 Å². The summed E-state index contributed by atoms with van der Waals surface area (Å²) in [6, 6.07) is 14.5. The first kappa shape index (κ1) is 23.6. The van der Waals surface area contributed by atoms with Gasteiger partial charge in [-0.1, -0.05) is 38.1 Å². The lowest BCUT2D eigenvalue weighted by Crippen LogP contribution is -2.13. The predicted molar refractivity (Wildman–Crippen MR) is 132 cm³/mol. The average Bonchev–Trinajstić information content (AvgIpc) is 3.34. The molecule has 1 unspecified atom stereocenters. The van der Waals surface area contributed by atoms with Crippen LogP contribution in [0.4, 0.5) is 5.82 Å². The summed E-state index contributed by atoms with van der Waals surface area (Å²) in [6.07, 6.45) is 2.59. The number of nitrogen functional groups attached to an aromatic ring is 1. The molecule has 4 aromatic rings. The Morgan fingerprint density at radius 3 is 2.15 bits per heavy atom. The summed E-state index contributed by atoms with van der Waals surface area (Å²) in [6.45, 7) is 7.65. The van der Waals surface area contributed by atoms with Crippen LogP contribution in [0.3, 0.4) is 0 Å². The van der Waals surface area contributed by atoms with Gasteiger partial charge >= 0.3 is 0 Å². The van der Waals surface area contributed by atoms with Crippen LogP contribution in [-0.2, 0) is 9.84 Å². The van der Waals surface area contributed by atoms with E-state index in [0.717, 1.165) is 12.0 Å². The van der Waals surface area contributed by atoms with Gasteiger partial charge in [0.15, 0.2) is 21.3 Å². The molecule has 0 spiro atoms. The van der Waals surface area contributed by atoms with Crippen molar-refractivity contribution in [2.45, 2.75) is 50.2 Å². The van der Waals surface area contributed by atoms with Gasteiger partial charge in [-0.25, -0.2) is 18.4 Å². The number of benzene rings is 2. The fourth-order valence-corrected chi connectivity index (χ4v) is 4.47. The molecule has 34 heavy (non-hydrogen) atoms. The van der Waals surface area contributed by atoms with E-state index >= 15 is 0 Å². The zero-order chi connectivity index (χ0) is 24.5. The van der Waals surface area contributed by atoms with Crippen LogP contribution in [0.15, 0.2) is 64.0 Å². The second-order valence-electron chi connectivity index (χ2n) is 8.45. The van der Waals surface area contributed by atoms with Crippen LogP contribution in [0.5, 0.6) is 0 Å². The average molecular weight is 478 g/mol. The standard InChI is InChI=1S/C25H27N5O3S/c1-5-16(4)17-6-8-19(9-7-17)24-29-30-25(33-24)22-23(26)27-14-21(28-22)18-10-12-20(13-11-18)34(31,32)15(2)3/h6-16H,5H2,1-4H3,(H2,26,27). The van der Waals surface area contributed by atoms with Crippen molar-refractivity contribution in [3.05, 3.63) is 60.3 Å². The Balaban J connectivity index is 1.63. The normalized spacial score (nSPS) is 12.7. The molecule has 176 valence electrons. The Labute approximate surface area is 199 Å². The van der Waals surface area contributed by atoms with Crippen molar-refractivity contribution >= 4 is 15.7 Å². The molecule has 2 aromatic heterocycles. The Morgan fingerprint density at radius 2 is 1.53 bits per heavy atom. The molecule has 0 aliphatic rings. The van der Waals surface area contributed by atoms with E-state index in [1.54, 1.807) is 38.1 Å². The van der Waals surface area contributed by atoms with E-state index in [1.165, 1.54) is 11.8 Å². The van der Waals surface area contributed by atoms with E-state index in [0.29, 0.717) is 23.1 Å². The summed E-state index contributed by atoms with van der Waals surface area (Å²) in [5.41, 5.74) is 9.57. The highest BCUT2D eigenvalue weighted by atomic mass is 32.2. The van der Waals surface area contributed by atoms with Gasteiger partial charge in [-0.05, 0) is 56.0 Å². The van der Waals surface area contributed by atoms with E-state index in [1.807, 2.05) is 12.1 Å². The fourth-order valence-electron chi connectivity index (χ4n) is 3.41. The third kappa shape index (κ3) is 4.56. The van der Waals surface area contributed by atoms with Crippen molar-refractivity contribution in [1.29, 1.82) is 0 Å². The second kappa shape index (κ2) is 9.34. The maximum absolute atomic E-state index is 12.4. The van der Waals surface area contributed by atoms with Gasteiger partial charge in [0.2, 0.25) is 5.89 Å². The molecule has 0 saturated carbocycles. The van der Waals surface area contributed by atoms with Crippen molar-refractivity contribution in [2.75, 3.05) is 5.73 Å². The number of nitrogens with two attached hydrogens (primary N) is 1. The number of sulfone groups is 1. The Bertz CT molecular complexity index is 1400. The Kier molecular flexibility index (Phi) is 6.47. The van der Waals surface area contributed by atoms with E-state index in [4.69, 9.17) is 10.2 Å². The zero-order valence-corrected chi connectivity index (χ0v) is 20.4. The maximum atomic E-state index is 12.4. The maximum Gasteiger partial charge on any atom is 0.270 e. The summed E-state index contributed by atoms with van der Waals surface area (Å²) in [5, 5.41) is 7.77. The van der Waals surface area contributed by atoms with E-state index in [-0.39, 0.29) is 22.3 Å². The van der Waals surface area contributed by atoms with Crippen LogP contribution in [0.2, 0.25) is 0 Å². The summed E-state index contributed by atoms with van der Waals surface area (Å²) >= 11 is 0. The minimum Gasteiger partial charge on any atom is -0.414 e. The van der Waals surface area contributed by atoms with Crippen LogP contribution < -0.4 is 5.73 Å². The number of rotatable bonds is 7. The summed E-state index contributed by atoms with van der Waals surface area (Å²) in [4.78, 5) is 9.04. The Hall–Kier alpha value is -3.59. The summed E-state index contributed by atoms with van der Waals surface area (Å²) < 4.78 is 30.6. The molecule has 0 aliphatic heterocycles. The fraction of sp³-hybridized carbons (Fsp3) is 0.280. The second-order valence-corrected chi connectivity index (χ2v) is 11.0. The number of aromatic nitrogens is 4. The van der Waals surface area contributed by atoms with Crippen molar-refractivity contribution in [1.82, 2.24) is 20.2 Å². The van der Waals surface area contributed by atoms with Crippen LogP contribution in [-0.4, -0.2) is 33.8 Å². The van der Waals surface area contributed by atoms with Crippen LogP contribution in [0.25, 0.3) is 34.3 Å². The molecule has 2 aromatic carbocycles. The smallest absolute Gasteiger partial charge is 0.270 e. The lowest BCUT2D eigenvalue weighted by molar-refractivity contribution is 0.582. The van der Waals surface area contributed by atoms with Gasteiger partial charge in [0.05, 0.1) is 22.0 Å². The monoisotopic (exact) mass is 477 g/mol. The molecular formula is C25H27N5O3S. The van der Waals surface area contributed by atoms with Crippen LogP contribution in [0.1, 0.15) is 45.6 Å². The highest BCUT2D eigenvalue weighted by Crippen LogP contribution is 2.29. The molecule has 9 heteroatoms. The lowest BCUT2D eigenvalue weighted by atomic mass is 9.98. The molecule has 2 heterocycles. The molecule has 1 atom stereocenters. The number of hydrogen-bond acceptors (Lipinski definition) is 8. The van der Waals surface area contributed by atoms with Gasteiger partial charge in [0.25, 0.3) is 5.89 Å². The topological polar surface area (TPSA) is 125 Å². The molecular weight excluding hydrogens is 450 g/mol. The largest absolute Gasteiger partial charge is 0.414 e. The van der Waals surface area contributed by atoms with E-state index < -0.39 is 15.1 Å². The first-order chi connectivity index (χ1) is 16.2. The quantitative estimate of drug-likeness (QED) is 0.388. The first-order valence-electron chi connectivity index (χ1n) is 11.1. The van der Waals surface area contributed by atoms with E-state index in [2.05, 4.69) is 46.1 Å². The highest BCUT2D eigenvalue weighted by molar-refractivity contribution is 7.92. The third-order valence-electron chi connectivity index (χ3n) is 5.87. The van der Waals surface area contributed by atoms with Crippen molar-refractivity contribution < 1.29 is 12.8 Å². The third-order valence-corrected chi connectivity index (χ3v) is 8.04. The van der Waals surface area contributed by atoms with Gasteiger partial charge in [0, 0.05) is 11.1 Å². The van der Waals surface area contributed by atoms with E-state index in [9.17, 15) is 8.42 Å². The van der Waals surface area contributed by atoms with Gasteiger partial charge in [0.1, 0.15) is 0 Å². The predicted octanol–water partition coefficient (Wildman–Crippen LogP) is 5.14. The van der Waals surface area contributed by atoms with Gasteiger partial charge < -0.3 is 10.2 Å². The molecule has 4 rings (SSSR count). The van der Waals surface area contributed by atoms with Gasteiger partial charge in [-0.3, -0.25) is 0 Å². The van der Waals surface area contributed by atoms with Crippen LogP contribution in [0, 0.1) is 0 Å². The van der Waals surface area contributed by atoms with Crippen molar-refractivity contribution in [2.24, 2.45) is 0 Å². The zero-order valence-electron chi connectivity index (χ0n) is 19.6. The number of anilines is 1. The molecule has 0 bridgehead atoms. The minimum absolute atomic E-state index is 0.157. The molecule has 0 saturated heterocycles. The lowest BCUT2D eigenvalue weighted by Gasteiger charge is -2.09. The Morgan fingerprint density at radius 1 is 0.912 bits per heavy atom. The van der Waals surface area contributed by atoms with Gasteiger partial charge in [-0.15, -0.1) is 10.2 Å². The first-order valence-corrected chi connectivity index (χ1v) is 12.7. The molecule has 0 radical (unpaired) electrons. The highest BCUT2D eigenvalue weighted by Gasteiger charge is 2.20. The minimum atomic E-state index is -3.36. The summed E-state index contributed by atoms with van der Waals surface area (Å²) in [7, 11) is -3.36. The molecule has 0 fully saturated rings. The number of nitrogens with zero attached hydrogens (tertiary/aromatic N) is 4. The molecule has 0 amide bonds. The van der Waals surface area contributed by atoms with Crippen molar-refractivity contribution in [3.63, 3.8) is 0 Å². The molecule has 0 aliphatic carbocycles. The SMILES string of the molecule is CCC(C)c1ccc(-c2nnc(-c3nc(-c4ccc(S(=O)(=O)C(C)C)cc4)cnc3N)o2)cc1. The molecule has 2 N–H and O–H groups in total. The molecule has 8 nitrogen and oxygen atoms in total. The van der Waals surface area contributed by atoms with Crippen molar-refractivity contribution in [3.8, 4) is 34.3 Å². The van der Waals surface area contributed by atoms with Crippen LogP contribution >= 0.6 is 0 Å². The number of hydrogen-bond donors (Lipinski definition) is 1.